The summed E-state index contributed by atoms with van der Waals surface area (Å²) in [7, 11) is 0. The molecule has 0 radical (unpaired) electrons. The van der Waals surface area contributed by atoms with Gasteiger partial charge in [-0.2, -0.15) is 0 Å². The van der Waals surface area contributed by atoms with Gasteiger partial charge >= 0.3 is 5.97 Å². The Morgan fingerprint density at radius 2 is 1.82 bits per heavy atom. The molecule has 0 unspecified atom stereocenters. The summed E-state index contributed by atoms with van der Waals surface area (Å²) in [4.78, 5) is 35.2. The number of hydrogen-bond donors (Lipinski definition) is 2. The van der Waals surface area contributed by atoms with Crippen LogP contribution in [0.3, 0.4) is 0 Å². The van der Waals surface area contributed by atoms with E-state index in [9.17, 15) is 14.4 Å². The molecule has 0 atom stereocenters. The van der Waals surface area contributed by atoms with Crippen LogP contribution in [0.4, 0.5) is 5.69 Å². The molecule has 0 aromatic heterocycles. The molecule has 0 aliphatic carbocycles. The van der Waals surface area contributed by atoms with Gasteiger partial charge < -0.3 is 15.4 Å². The minimum Gasteiger partial charge on any atom is -0.462 e. The lowest BCUT2D eigenvalue weighted by Crippen LogP contribution is -2.33. The van der Waals surface area contributed by atoms with Crippen molar-refractivity contribution >= 4 is 23.5 Å². The standard InChI is InChI=1S/C16H22N2O4/c1-4-22-16(21)12-7-5-6-8-13(12)18-15(20)10-17-14(19)9-11(2)3/h5-8,11H,4,9-10H2,1-3H3,(H,17,19)(H,18,20). The molecule has 1 aromatic rings. The molecule has 1 rings (SSSR count). The average Bonchev–Trinajstić information content (AvgIpc) is 2.45. The van der Waals surface area contributed by atoms with Gasteiger partial charge in [0.2, 0.25) is 11.8 Å². The molecule has 0 saturated carbocycles. The normalized spacial score (nSPS) is 10.2. The van der Waals surface area contributed by atoms with Gasteiger partial charge in [-0.1, -0.05) is 26.0 Å². The van der Waals surface area contributed by atoms with Crippen LogP contribution in [0.15, 0.2) is 24.3 Å². The van der Waals surface area contributed by atoms with Crippen molar-refractivity contribution < 1.29 is 19.1 Å². The van der Waals surface area contributed by atoms with E-state index in [-0.39, 0.29) is 30.5 Å². The second-order valence-corrected chi connectivity index (χ2v) is 5.19. The number of carbonyl (C=O) groups excluding carboxylic acids is 3. The molecule has 2 N–H and O–H groups in total. The Morgan fingerprint density at radius 3 is 2.45 bits per heavy atom. The zero-order valence-electron chi connectivity index (χ0n) is 13.1. The van der Waals surface area contributed by atoms with Gasteiger partial charge in [0.05, 0.1) is 24.4 Å². The maximum absolute atomic E-state index is 11.9. The molecule has 120 valence electrons. The van der Waals surface area contributed by atoms with E-state index >= 15 is 0 Å². The van der Waals surface area contributed by atoms with E-state index in [0.717, 1.165) is 0 Å². The predicted molar refractivity (Wildman–Crippen MR) is 83.5 cm³/mol. The Bertz CT molecular complexity index is 541. The maximum Gasteiger partial charge on any atom is 0.340 e. The van der Waals surface area contributed by atoms with Crippen LogP contribution in [0.1, 0.15) is 37.6 Å². The molecular formula is C16H22N2O4. The summed E-state index contributed by atoms with van der Waals surface area (Å²) in [6, 6.07) is 6.58. The Labute approximate surface area is 130 Å². The van der Waals surface area contributed by atoms with Crippen LogP contribution in [0.2, 0.25) is 0 Å². The van der Waals surface area contributed by atoms with Gasteiger partial charge in [0.25, 0.3) is 0 Å². The lowest BCUT2D eigenvalue weighted by atomic mass is 10.1. The largest absolute Gasteiger partial charge is 0.462 e. The fourth-order valence-electron chi connectivity index (χ4n) is 1.80. The van der Waals surface area contributed by atoms with Crippen LogP contribution in [-0.4, -0.2) is 30.9 Å². The fraction of sp³-hybridized carbons (Fsp3) is 0.438. The van der Waals surface area contributed by atoms with E-state index < -0.39 is 11.9 Å². The first-order valence-electron chi connectivity index (χ1n) is 7.26. The number of rotatable bonds is 7. The van der Waals surface area contributed by atoms with Crippen molar-refractivity contribution in [3.63, 3.8) is 0 Å². The third-order valence-electron chi connectivity index (χ3n) is 2.74. The molecule has 0 spiro atoms. The van der Waals surface area contributed by atoms with Crippen molar-refractivity contribution in [1.82, 2.24) is 5.32 Å². The SMILES string of the molecule is CCOC(=O)c1ccccc1NC(=O)CNC(=O)CC(C)C. The van der Waals surface area contributed by atoms with Crippen LogP contribution in [0.5, 0.6) is 0 Å². The zero-order chi connectivity index (χ0) is 16.5. The van der Waals surface area contributed by atoms with Crippen LogP contribution < -0.4 is 10.6 Å². The molecule has 1 aromatic carbocycles. The molecule has 0 aliphatic heterocycles. The van der Waals surface area contributed by atoms with Crippen molar-refractivity contribution in [2.45, 2.75) is 27.2 Å². The highest BCUT2D eigenvalue weighted by molar-refractivity contribution is 6.02. The summed E-state index contributed by atoms with van der Waals surface area (Å²) in [5, 5.41) is 5.14. The van der Waals surface area contributed by atoms with E-state index in [1.807, 2.05) is 13.8 Å². The van der Waals surface area contributed by atoms with Gasteiger partial charge in [0.15, 0.2) is 0 Å². The highest BCUT2D eigenvalue weighted by Gasteiger charge is 2.14. The van der Waals surface area contributed by atoms with E-state index in [4.69, 9.17) is 4.74 Å². The summed E-state index contributed by atoms with van der Waals surface area (Å²) in [6.45, 7) is 5.68. The quantitative estimate of drug-likeness (QED) is 0.754. The molecular weight excluding hydrogens is 284 g/mol. The monoisotopic (exact) mass is 306 g/mol. The van der Waals surface area contributed by atoms with Crippen molar-refractivity contribution in [1.29, 1.82) is 0 Å². The molecule has 6 heteroatoms. The number of benzene rings is 1. The lowest BCUT2D eigenvalue weighted by molar-refractivity contribution is -0.124. The summed E-state index contributed by atoms with van der Waals surface area (Å²) in [5.41, 5.74) is 0.648. The lowest BCUT2D eigenvalue weighted by Gasteiger charge is -2.11. The molecule has 22 heavy (non-hydrogen) atoms. The number of nitrogens with one attached hydrogen (secondary N) is 2. The minimum absolute atomic E-state index is 0.136. The van der Waals surface area contributed by atoms with Crippen molar-refractivity contribution in [2.75, 3.05) is 18.5 Å². The average molecular weight is 306 g/mol. The fourth-order valence-corrected chi connectivity index (χ4v) is 1.80. The maximum atomic E-state index is 11.9. The second-order valence-electron chi connectivity index (χ2n) is 5.19. The first-order chi connectivity index (χ1) is 10.4. The van der Waals surface area contributed by atoms with E-state index in [2.05, 4.69) is 10.6 Å². The first-order valence-corrected chi connectivity index (χ1v) is 7.26. The number of esters is 1. The van der Waals surface area contributed by atoms with Gasteiger partial charge in [0.1, 0.15) is 0 Å². The van der Waals surface area contributed by atoms with Gasteiger partial charge in [-0.05, 0) is 25.0 Å². The van der Waals surface area contributed by atoms with Crippen LogP contribution in [-0.2, 0) is 14.3 Å². The number of para-hydroxylation sites is 1. The second kappa shape index (κ2) is 8.81. The third-order valence-corrected chi connectivity index (χ3v) is 2.74. The number of amides is 2. The summed E-state index contributed by atoms with van der Waals surface area (Å²) in [6.07, 6.45) is 0.368. The third kappa shape index (κ3) is 5.95. The topological polar surface area (TPSA) is 84.5 Å². The Morgan fingerprint density at radius 1 is 1.14 bits per heavy atom. The predicted octanol–water partition coefficient (Wildman–Crippen LogP) is 1.96. The van der Waals surface area contributed by atoms with Crippen molar-refractivity contribution in [2.24, 2.45) is 5.92 Å². The van der Waals surface area contributed by atoms with Crippen LogP contribution in [0.25, 0.3) is 0 Å². The summed E-state index contributed by atoms with van der Waals surface area (Å²) >= 11 is 0. The number of ether oxygens (including phenoxy) is 1. The van der Waals surface area contributed by atoms with E-state index in [0.29, 0.717) is 12.1 Å². The number of carbonyl (C=O) groups is 3. The Kier molecular flexibility index (Phi) is 7.08. The van der Waals surface area contributed by atoms with E-state index in [1.54, 1.807) is 31.2 Å². The Hall–Kier alpha value is -2.37. The summed E-state index contributed by atoms with van der Waals surface area (Å²) < 4.78 is 4.93. The molecule has 0 saturated heterocycles. The Balaban J connectivity index is 2.61. The molecule has 0 heterocycles. The van der Waals surface area contributed by atoms with Gasteiger partial charge in [0, 0.05) is 6.42 Å². The molecule has 0 aliphatic rings. The van der Waals surface area contributed by atoms with Crippen molar-refractivity contribution in [3.8, 4) is 0 Å². The molecule has 0 bridgehead atoms. The number of anilines is 1. The first kappa shape index (κ1) is 17.7. The zero-order valence-corrected chi connectivity index (χ0v) is 13.1. The van der Waals surface area contributed by atoms with Crippen LogP contribution >= 0.6 is 0 Å². The highest BCUT2D eigenvalue weighted by atomic mass is 16.5. The van der Waals surface area contributed by atoms with E-state index in [1.165, 1.54) is 0 Å². The van der Waals surface area contributed by atoms with Crippen LogP contribution in [0, 0.1) is 5.92 Å². The molecule has 6 nitrogen and oxygen atoms in total. The highest BCUT2D eigenvalue weighted by Crippen LogP contribution is 2.16. The smallest absolute Gasteiger partial charge is 0.340 e. The van der Waals surface area contributed by atoms with Gasteiger partial charge in [-0.25, -0.2) is 4.79 Å². The molecule has 0 fully saturated rings. The number of hydrogen-bond acceptors (Lipinski definition) is 4. The minimum atomic E-state index is -0.498. The van der Waals surface area contributed by atoms with Crippen molar-refractivity contribution in [3.05, 3.63) is 29.8 Å². The van der Waals surface area contributed by atoms with Gasteiger partial charge in [-0.15, -0.1) is 0 Å². The van der Waals surface area contributed by atoms with Gasteiger partial charge in [-0.3, -0.25) is 9.59 Å². The molecule has 2 amide bonds. The summed E-state index contributed by atoms with van der Waals surface area (Å²) in [5.74, 6) is -0.840.